The van der Waals surface area contributed by atoms with Crippen molar-refractivity contribution >= 4 is 22.6 Å². The fourth-order valence-corrected chi connectivity index (χ4v) is 2.99. The molecule has 0 bridgehead atoms. The highest BCUT2D eigenvalue weighted by atomic mass is 19.2. The van der Waals surface area contributed by atoms with Crippen molar-refractivity contribution in [1.29, 1.82) is 0 Å². The number of hydrogen-bond acceptors (Lipinski definition) is 5. The molecule has 0 spiro atoms. The first kappa shape index (κ1) is 19.5. The fraction of sp³-hybridized carbons (Fsp3) is 0.150. The highest BCUT2D eigenvalue weighted by molar-refractivity contribution is 6.09. The Morgan fingerprint density at radius 3 is 2.63 bits per heavy atom. The van der Waals surface area contributed by atoms with Gasteiger partial charge in [-0.3, -0.25) is 9.89 Å². The molecule has 4 aromatic rings. The monoisotopic (exact) mass is 416 g/mol. The lowest BCUT2D eigenvalue weighted by molar-refractivity contribution is 0.102. The minimum absolute atomic E-state index is 0.131. The van der Waals surface area contributed by atoms with Crippen molar-refractivity contribution in [3.05, 3.63) is 70.4 Å². The van der Waals surface area contributed by atoms with Crippen LogP contribution in [0.25, 0.3) is 10.9 Å². The number of benzene rings is 2. The summed E-state index contributed by atoms with van der Waals surface area (Å²) in [5.41, 5.74) is 1.25. The summed E-state index contributed by atoms with van der Waals surface area (Å²) >= 11 is 0. The third kappa shape index (κ3) is 3.59. The molecule has 1 amide bonds. The SMILES string of the molecule is Cc1noc(C)c1C(=O)Nc1n[nH]c2ccc(OCc3cc(F)c(F)cc3F)cc12. The predicted octanol–water partition coefficient (Wildman–Crippen LogP) is 4.42. The van der Waals surface area contributed by atoms with Crippen LogP contribution >= 0.6 is 0 Å². The minimum atomic E-state index is -1.27. The highest BCUT2D eigenvalue weighted by Gasteiger charge is 2.19. The average Bonchev–Trinajstić information content (AvgIpc) is 3.26. The second-order valence-electron chi connectivity index (χ2n) is 6.58. The maximum atomic E-state index is 13.8. The van der Waals surface area contributed by atoms with Gasteiger partial charge in [-0.15, -0.1) is 0 Å². The van der Waals surface area contributed by atoms with Gasteiger partial charge in [-0.2, -0.15) is 5.10 Å². The van der Waals surface area contributed by atoms with E-state index in [2.05, 4.69) is 20.7 Å². The lowest BCUT2D eigenvalue weighted by Crippen LogP contribution is -2.14. The molecule has 10 heteroatoms. The van der Waals surface area contributed by atoms with Crippen molar-refractivity contribution in [3.63, 3.8) is 0 Å². The number of H-pyrrole nitrogens is 1. The Morgan fingerprint density at radius 2 is 1.90 bits per heavy atom. The molecule has 0 atom stereocenters. The molecule has 30 heavy (non-hydrogen) atoms. The van der Waals surface area contributed by atoms with Gasteiger partial charge in [0.2, 0.25) is 0 Å². The van der Waals surface area contributed by atoms with Crippen molar-refractivity contribution in [2.24, 2.45) is 0 Å². The molecule has 0 unspecified atom stereocenters. The van der Waals surface area contributed by atoms with Gasteiger partial charge in [-0.1, -0.05) is 5.16 Å². The van der Waals surface area contributed by atoms with Crippen LogP contribution in [0.4, 0.5) is 19.0 Å². The second-order valence-corrected chi connectivity index (χ2v) is 6.58. The third-order valence-electron chi connectivity index (χ3n) is 4.51. The molecule has 4 rings (SSSR count). The Labute approximate surface area is 167 Å². The smallest absolute Gasteiger partial charge is 0.262 e. The van der Waals surface area contributed by atoms with Crippen LogP contribution in [0.5, 0.6) is 5.75 Å². The van der Waals surface area contributed by atoms with Gasteiger partial charge in [-0.05, 0) is 38.1 Å². The number of anilines is 1. The summed E-state index contributed by atoms with van der Waals surface area (Å²) in [7, 11) is 0. The maximum absolute atomic E-state index is 13.8. The molecule has 0 aliphatic heterocycles. The Kier molecular flexibility index (Phi) is 4.90. The van der Waals surface area contributed by atoms with Gasteiger partial charge in [0.05, 0.1) is 11.2 Å². The predicted molar refractivity (Wildman–Crippen MR) is 101 cm³/mol. The van der Waals surface area contributed by atoms with Crippen molar-refractivity contribution in [2.45, 2.75) is 20.5 Å². The number of carbonyl (C=O) groups excluding carboxylic acids is 1. The third-order valence-corrected chi connectivity index (χ3v) is 4.51. The van der Waals surface area contributed by atoms with Crippen LogP contribution in [0, 0.1) is 31.3 Å². The van der Waals surface area contributed by atoms with E-state index in [-0.39, 0.29) is 18.0 Å². The van der Waals surface area contributed by atoms with Gasteiger partial charge < -0.3 is 14.6 Å². The Balaban J connectivity index is 1.56. The van der Waals surface area contributed by atoms with Gasteiger partial charge in [0, 0.05) is 17.0 Å². The van der Waals surface area contributed by atoms with Crippen LogP contribution < -0.4 is 10.1 Å². The molecule has 0 saturated heterocycles. The summed E-state index contributed by atoms with van der Waals surface area (Å²) in [6.07, 6.45) is 0. The number of aromatic nitrogens is 3. The zero-order chi connectivity index (χ0) is 21.4. The first-order valence-corrected chi connectivity index (χ1v) is 8.82. The molecule has 0 aliphatic rings. The number of aryl methyl sites for hydroxylation is 2. The van der Waals surface area contributed by atoms with Crippen LogP contribution in [0.15, 0.2) is 34.9 Å². The number of nitrogens with one attached hydrogen (secondary N) is 2. The van der Waals surface area contributed by atoms with Crippen LogP contribution in [-0.4, -0.2) is 21.3 Å². The van der Waals surface area contributed by atoms with Crippen LogP contribution in [-0.2, 0) is 6.61 Å². The molecular formula is C20H15F3N4O3. The quantitative estimate of drug-likeness (QED) is 0.470. The first-order chi connectivity index (χ1) is 14.3. The molecule has 2 N–H and O–H groups in total. The van der Waals surface area contributed by atoms with Crippen molar-refractivity contribution in [3.8, 4) is 5.75 Å². The van der Waals surface area contributed by atoms with Gasteiger partial charge in [0.15, 0.2) is 17.5 Å². The molecule has 2 heterocycles. The summed E-state index contributed by atoms with van der Waals surface area (Å²) in [5, 5.41) is 13.8. The summed E-state index contributed by atoms with van der Waals surface area (Å²) in [6, 6.07) is 6.05. The number of aromatic amines is 1. The van der Waals surface area contributed by atoms with E-state index in [1.54, 1.807) is 32.0 Å². The number of nitrogens with zero attached hydrogens (tertiary/aromatic N) is 2. The molecule has 0 radical (unpaired) electrons. The molecule has 0 fully saturated rings. The van der Waals surface area contributed by atoms with Gasteiger partial charge in [0.1, 0.15) is 29.5 Å². The van der Waals surface area contributed by atoms with E-state index >= 15 is 0 Å². The number of ether oxygens (including phenoxy) is 1. The summed E-state index contributed by atoms with van der Waals surface area (Å²) in [4.78, 5) is 12.5. The zero-order valence-electron chi connectivity index (χ0n) is 15.8. The lowest BCUT2D eigenvalue weighted by atomic mass is 10.2. The summed E-state index contributed by atoms with van der Waals surface area (Å²) in [6.45, 7) is 2.96. The maximum Gasteiger partial charge on any atom is 0.262 e. The van der Waals surface area contributed by atoms with E-state index in [1.807, 2.05) is 0 Å². The molecule has 0 saturated carbocycles. The number of halogens is 3. The van der Waals surface area contributed by atoms with Crippen molar-refractivity contribution in [1.82, 2.24) is 15.4 Å². The molecule has 7 nitrogen and oxygen atoms in total. The lowest BCUT2D eigenvalue weighted by Gasteiger charge is -2.08. The van der Waals surface area contributed by atoms with E-state index in [1.165, 1.54) is 0 Å². The number of hydrogen-bond donors (Lipinski definition) is 2. The average molecular weight is 416 g/mol. The molecule has 0 aliphatic carbocycles. The van der Waals surface area contributed by atoms with Gasteiger partial charge >= 0.3 is 0 Å². The number of rotatable bonds is 5. The largest absolute Gasteiger partial charge is 0.489 e. The van der Waals surface area contributed by atoms with Crippen LogP contribution in [0.1, 0.15) is 27.4 Å². The Morgan fingerprint density at radius 1 is 1.13 bits per heavy atom. The van der Waals surface area contributed by atoms with Crippen molar-refractivity contribution in [2.75, 3.05) is 5.32 Å². The number of amides is 1. The van der Waals surface area contributed by atoms with Gasteiger partial charge in [0.25, 0.3) is 5.91 Å². The van der Waals surface area contributed by atoms with Crippen LogP contribution in [0.3, 0.4) is 0 Å². The zero-order valence-corrected chi connectivity index (χ0v) is 15.8. The highest BCUT2D eigenvalue weighted by Crippen LogP contribution is 2.27. The van der Waals surface area contributed by atoms with Gasteiger partial charge in [-0.25, -0.2) is 13.2 Å². The molecule has 154 valence electrons. The van der Waals surface area contributed by atoms with Crippen LogP contribution in [0.2, 0.25) is 0 Å². The van der Waals surface area contributed by atoms with E-state index in [4.69, 9.17) is 9.26 Å². The molecular weight excluding hydrogens is 401 g/mol. The minimum Gasteiger partial charge on any atom is -0.489 e. The second kappa shape index (κ2) is 7.54. The fourth-order valence-electron chi connectivity index (χ4n) is 2.99. The van der Waals surface area contributed by atoms with E-state index < -0.39 is 23.4 Å². The van der Waals surface area contributed by atoms with E-state index in [0.29, 0.717) is 39.7 Å². The number of fused-ring (bicyclic) bond motifs is 1. The van der Waals surface area contributed by atoms with E-state index in [0.717, 1.165) is 6.07 Å². The molecule has 2 aromatic carbocycles. The standard InChI is InChI=1S/C20H15F3N4O3/c1-9-18(10(2)30-27-9)20(28)24-19-13-6-12(3-4-17(13)25-26-19)29-8-11-5-15(22)16(23)7-14(11)21/h3-7H,8H2,1-2H3,(H2,24,25,26,28). The normalized spacial score (nSPS) is 11.1. The topological polar surface area (TPSA) is 93.0 Å². The Bertz CT molecular complexity index is 1250. The first-order valence-electron chi connectivity index (χ1n) is 8.82. The van der Waals surface area contributed by atoms with Crippen molar-refractivity contribution < 1.29 is 27.2 Å². The van der Waals surface area contributed by atoms with E-state index in [9.17, 15) is 18.0 Å². The number of carbonyl (C=O) groups is 1. The summed E-state index contributed by atoms with van der Waals surface area (Å²) < 4.78 is 50.7. The molecule has 2 aromatic heterocycles. The Hall–Kier alpha value is -3.82. The summed E-state index contributed by atoms with van der Waals surface area (Å²) in [5.74, 6) is -2.83.